The molecular weight excluding hydrogens is 334 g/mol. The fourth-order valence-electron chi connectivity index (χ4n) is 2.18. The molecule has 0 bridgehead atoms. The summed E-state index contributed by atoms with van der Waals surface area (Å²) < 4.78 is 6.30. The minimum atomic E-state index is -0.604. The third-order valence-corrected chi connectivity index (χ3v) is 3.98. The minimum absolute atomic E-state index is 0.155. The zero-order chi connectivity index (χ0) is 17.1. The number of thiazole rings is 1. The van der Waals surface area contributed by atoms with Gasteiger partial charge in [0.15, 0.2) is 5.13 Å². The van der Waals surface area contributed by atoms with Crippen molar-refractivity contribution in [2.45, 2.75) is 13.0 Å². The largest absolute Gasteiger partial charge is 0.465 e. The molecule has 2 aliphatic heterocycles. The molecule has 0 saturated carbocycles. The number of carbonyl (C=O) groups excluding carboxylic acids is 2. The Morgan fingerprint density at radius 2 is 2.25 bits per heavy atom. The summed E-state index contributed by atoms with van der Waals surface area (Å²) in [4.78, 5) is 39.5. The number of aromatic nitrogens is 4. The number of anilines is 1. The van der Waals surface area contributed by atoms with Gasteiger partial charge in [-0.15, -0.1) is 11.3 Å². The first kappa shape index (κ1) is 15.9. The van der Waals surface area contributed by atoms with Gasteiger partial charge in [0.2, 0.25) is 5.91 Å². The van der Waals surface area contributed by atoms with Crippen molar-refractivity contribution >= 4 is 28.3 Å². The zero-order valence-corrected chi connectivity index (χ0v) is 13.4. The van der Waals surface area contributed by atoms with Crippen molar-refractivity contribution in [2.75, 3.05) is 12.4 Å². The Kier molecular flexibility index (Phi) is 4.38. The average molecular weight is 347 g/mol. The first-order valence-electron chi connectivity index (χ1n) is 6.94. The number of nitrogens with one attached hydrogen (secondary N) is 2. The van der Waals surface area contributed by atoms with Gasteiger partial charge in [-0.05, 0) is 0 Å². The fourth-order valence-corrected chi connectivity index (χ4v) is 2.72. The second-order valence-electron chi connectivity index (χ2n) is 4.85. The number of fused-ring (bicyclic) bond motifs is 1. The van der Waals surface area contributed by atoms with Gasteiger partial charge in [-0.2, -0.15) is 5.10 Å². The van der Waals surface area contributed by atoms with Crippen LogP contribution in [0.25, 0.3) is 11.3 Å². The third kappa shape index (κ3) is 3.18. The Balaban J connectivity index is 1.80. The lowest BCUT2D eigenvalue weighted by atomic mass is 10.1. The van der Waals surface area contributed by atoms with E-state index in [4.69, 9.17) is 4.74 Å². The van der Waals surface area contributed by atoms with Crippen LogP contribution >= 0.6 is 11.3 Å². The molecule has 3 rings (SSSR count). The predicted molar refractivity (Wildman–Crippen MR) is 86.2 cm³/mol. The number of esters is 1. The normalized spacial score (nSPS) is 10.7. The van der Waals surface area contributed by atoms with Crippen molar-refractivity contribution in [2.24, 2.45) is 0 Å². The minimum Gasteiger partial charge on any atom is -0.465 e. The topological polar surface area (TPSA) is 119 Å². The summed E-state index contributed by atoms with van der Waals surface area (Å²) in [5.41, 5.74) is 0.263. The van der Waals surface area contributed by atoms with Crippen LogP contribution < -0.4 is 10.9 Å². The van der Waals surface area contributed by atoms with Gasteiger partial charge in [0.25, 0.3) is 5.56 Å². The van der Waals surface area contributed by atoms with Gasteiger partial charge < -0.3 is 14.6 Å². The molecule has 1 aromatic rings. The number of H-pyrrole nitrogens is 1. The molecule has 2 N–H and O–H groups in total. The number of methoxy groups -OCH3 is 1. The molecule has 0 spiro atoms. The Bertz CT molecular complexity index is 898. The summed E-state index contributed by atoms with van der Waals surface area (Å²) in [6, 6.07) is 0. The number of aromatic amines is 1. The predicted octanol–water partition coefficient (Wildman–Crippen LogP) is 0.948. The van der Waals surface area contributed by atoms with Gasteiger partial charge in [-0.1, -0.05) is 0 Å². The van der Waals surface area contributed by atoms with E-state index in [1.165, 1.54) is 24.6 Å². The van der Waals surface area contributed by atoms with Crippen LogP contribution in [0.1, 0.15) is 16.8 Å². The van der Waals surface area contributed by atoms with Gasteiger partial charge in [0, 0.05) is 36.9 Å². The van der Waals surface area contributed by atoms with Gasteiger partial charge >= 0.3 is 5.97 Å². The van der Waals surface area contributed by atoms with Crippen LogP contribution in [0.15, 0.2) is 28.8 Å². The maximum atomic E-state index is 11.9. The quantitative estimate of drug-likeness (QED) is 0.663. The number of hydrogen-bond donors (Lipinski definition) is 2. The van der Waals surface area contributed by atoms with E-state index in [2.05, 4.69) is 20.5 Å². The molecule has 1 amide bonds. The Morgan fingerprint density at radius 3 is 2.96 bits per heavy atom. The maximum absolute atomic E-state index is 11.9. The molecule has 9 nitrogen and oxygen atoms in total. The number of hydrogen-bond acceptors (Lipinski definition) is 7. The summed E-state index contributed by atoms with van der Waals surface area (Å²) in [7, 11) is 1.25. The molecule has 1 aromatic heterocycles. The van der Waals surface area contributed by atoms with E-state index in [9.17, 15) is 14.4 Å². The van der Waals surface area contributed by atoms with Crippen molar-refractivity contribution in [3.05, 3.63) is 39.9 Å². The molecule has 3 heterocycles. The molecule has 0 unspecified atom stereocenters. The number of nitrogens with zero attached hydrogens (tertiary/aromatic N) is 3. The lowest BCUT2D eigenvalue weighted by Gasteiger charge is -2.11. The van der Waals surface area contributed by atoms with Crippen molar-refractivity contribution in [3.8, 4) is 11.3 Å². The first-order chi connectivity index (χ1) is 11.6. The van der Waals surface area contributed by atoms with Gasteiger partial charge in [-0.25, -0.2) is 14.9 Å². The number of ether oxygens (including phenoxy) is 1. The summed E-state index contributed by atoms with van der Waals surface area (Å²) in [6.45, 7) is 0.280. The monoisotopic (exact) mass is 347 g/mol. The molecule has 0 aromatic carbocycles. The van der Waals surface area contributed by atoms with Gasteiger partial charge in [0.05, 0.1) is 12.7 Å². The van der Waals surface area contributed by atoms with Crippen LogP contribution in [0.5, 0.6) is 0 Å². The molecular formula is C14H13N5O4S. The molecule has 0 saturated heterocycles. The molecule has 0 aliphatic carbocycles. The first-order valence-corrected chi connectivity index (χ1v) is 7.82. The van der Waals surface area contributed by atoms with Crippen LogP contribution in [0.4, 0.5) is 5.13 Å². The van der Waals surface area contributed by atoms with E-state index in [1.54, 1.807) is 22.3 Å². The van der Waals surface area contributed by atoms with Gasteiger partial charge in [-0.3, -0.25) is 9.59 Å². The second-order valence-corrected chi connectivity index (χ2v) is 5.75. The standard InChI is InChI=1S/C14H13N5O4S/c1-23-13(22)9-7-19(6-8-11(9)17-18-12(8)21)4-2-10(20)16-14-15-3-5-24-14/h3,5-7H,2,4H2,1H3,(H,18,21)(H,15,16,20). The van der Waals surface area contributed by atoms with Crippen molar-refractivity contribution < 1.29 is 14.3 Å². The summed E-state index contributed by atoms with van der Waals surface area (Å²) >= 11 is 1.32. The zero-order valence-electron chi connectivity index (χ0n) is 12.6. The highest BCUT2D eigenvalue weighted by molar-refractivity contribution is 7.13. The lowest BCUT2D eigenvalue weighted by molar-refractivity contribution is -0.116. The lowest BCUT2D eigenvalue weighted by Crippen LogP contribution is -2.16. The molecule has 24 heavy (non-hydrogen) atoms. The number of carbonyl (C=O) groups is 2. The van der Waals surface area contributed by atoms with Crippen LogP contribution in [-0.2, 0) is 16.1 Å². The number of rotatable bonds is 5. The highest BCUT2D eigenvalue weighted by Crippen LogP contribution is 2.20. The summed E-state index contributed by atoms with van der Waals surface area (Å²) in [5, 5.41) is 11.1. The van der Waals surface area contributed by atoms with E-state index >= 15 is 0 Å². The van der Waals surface area contributed by atoms with Crippen LogP contribution in [0, 0.1) is 0 Å². The van der Waals surface area contributed by atoms with Gasteiger partial charge in [0.1, 0.15) is 11.3 Å². The number of pyridine rings is 1. The third-order valence-electron chi connectivity index (χ3n) is 3.30. The number of aryl methyl sites for hydroxylation is 1. The molecule has 0 fully saturated rings. The van der Waals surface area contributed by atoms with Crippen LogP contribution in [0.2, 0.25) is 0 Å². The highest BCUT2D eigenvalue weighted by Gasteiger charge is 2.21. The Morgan fingerprint density at radius 1 is 1.42 bits per heavy atom. The molecule has 124 valence electrons. The molecule has 0 atom stereocenters. The smallest absolute Gasteiger partial charge is 0.341 e. The van der Waals surface area contributed by atoms with Crippen molar-refractivity contribution in [1.82, 2.24) is 19.7 Å². The average Bonchev–Trinajstić information content (AvgIpc) is 3.22. The number of amides is 1. The summed E-state index contributed by atoms with van der Waals surface area (Å²) in [5.74, 6) is -0.820. The Labute approximate surface area is 139 Å². The SMILES string of the molecule is COC(=O)c1cn(CCC(=O)Nc2nccs2)cc2c(=O)[nH]nc1-2. The van der Waals surface area contributed by atoms with E-state index in [0.29, 0.717) is 5.13 Å². The van der Waals surface area contributed by atoms with E-state index in [-0.39, 0.29) is 35.7 Å². The van der Waals surface area contributed by atoms with E-state index in [0.717, 1.165) is 0 Å². The van der Waals surface area contributed by atoms with Crippen molar-refractivity contribution in [3.63, 3.8) is 0 Å². The van der Waals surface area contributed by atoms with Crippen LogP contribution in [-0.4, -0.2) is 38.7 Å². The highest BCUT2D eigenvalue weighted by atomic mass is 32.1. The molecule has 10 heteroatoms. The maximum Gasteiger partial charge on any atom is 0.341 e. The second kappa shape index (κ2) is 6.62. The van der Waals surface area contributed by atoms with E-state index in [1.807, 2.05) is 0 Å². The molecule has 0 radical (unpaired) electrons. The van der Waals surface area contributed by atoms with Crippen LogP contribution in [0.3, 0.4) is 0 Å². The van der Waals surface area contributed by atoms with Crippen molar-refractivity contribution in [1.29, 1.82) is 0 Å². The fraction of sp³-hybridized carbons (Fsp3) is 0.214. The summed E-state index contributed by atoms with van der Waals surface area (Å²) in [6.07, 6.45) is 4.80. The molecule has 2 aliphatic rings. The Hall–Kier alpha value is -3.01. The van der Waals surface area contributed by atoms with E-state index < -0.39 is 11.5 Å².